The maximum atomic E-state index is 12.7. The lowest BCUT2D eigenvalue weighted by molar-refractivity contribution is -0.122. The highest BCUT2D eigenvalue weighted by molar-refractivity contribution is 7.12. The monoisotopic (exact) mass is 355 g/mol. The molecule has 0 spiro atoms. The third-order valence-corrected chi connectivity index (χ3v) is 5.70. The lowest BCUT2D eigenvalue weighted by Gasteiger charge is -2.19. The number of hydrogen-bond donors (Lipinski definition) is 0. The number of fused-ring (bicyclic) bond motifs is 1. The lowest BCUT2D eigenvalue weighted by Crippen LogP contribution is -2.30. The summed E-state index contributed by atoms with van der Waals surface area (Å²) >= 11 is 1.30. The van der Waals surface area contributed by atoms with Crippen molar-refractivity contribution in [2.75, 3.05) is 4.90 Å². The Labute approximate surface area is 149 Å². The van der Waals surface area contributed by atoms with E-state index in [-0.39, 0.29) is 23.7 Å². The molecule has 0 unspecified atom stereocenters. The average molecular weight is 355 g/mol. The molecule has 1 aromatic heterocycles. The van der Waals surface area contributed by atoms with Gasteiger partial charge in [-0.3, -0.25) is 9.59 Å². The van der Waals surface area contributed by atoms with E-state index in [9.17, 15) is 14.4 Å². The summed E-state index contributed by atoms with van der Waals surface area (Å²) in [4.78, 5) is 39.2. The zero-order valence-corrected chi connectivity index (χ0v) is 14.3. The van der Waals surface area contributed by atoms with Crippen LogP contribution in [0.25, 0.3) is 0 Å². The van der Waals surface area contributed by atoms with E-state index in [1.807, 2.05) is 0 Å². The van der Waals surface area contributed by atoms with Crippen molar-refractivity contribution in [2.45, 2.75) is 25.7 Å². The van der Waals surface area contributed by atoms with Gasteiger partial charge in [0.25, 0.3) is 0 Å². The van der Waals surface area contributed by atoms with E-state index in [2.05, 4.69) is 0 Å². The summed E-state index contributed by atoms with van der Waals surface area (Å²) in [6.07, 6.45) is 3.54. The van der Waals surface area contributed by atoms with E-state index in [1.165, 1.54) is 16.2 Å². The average Bonchev–Trinajstić information content (AvgIpc) is 3.24. The first-order valence-electron chi connectivity index (χ1n) is 8.39. The number of amides is 2. The molecule has 0 bridgehead atoms. The number of ether oxygens (including phenoxy) is 1. The van der Waals surface area contributed by atoms with Gasteiger partial charge in [-0.1, -0.05) is 25.0 Å². The zero-order chi connectivity index (χ0) is 17.4. The van der Waals surface area contributed by atoms with Gasteiger partial charge < -0.3 is 4.74 Å². The fourth-order valence-electron chi connectivity index (χ4n) is 3.65. The van der Waals surface area contributed by atoms with Gasteiger partial charge in [0, 0.05) is 6.07 Å². The van der Waals surface area contributed by atoms with E-state index in [0.29, 0.717) is 16.3 Å². The molecule has 1 aliphatic carbocycles. The summed E-state index contributed by atoms with van der Waals surface area (Å²) < 4.78 is 5.37. The molecular formula is C19H17NO4S. The fourth-order valence-corrected chi connectivity index (χ4v) is 4.25. The molecule has 2 aromatic rings. The Kier molecular flexibility index (Phi) is 4.13. The van der Waals surface area contributed by atoms with Crippen LogP contribution in [0.15, 0.2) is 41.8 Å². The first-order chi connectivity index (χ1) is 12.1. The van der Waals surface area contributed by atoms with Crippen LogP contribution in [-0.4, -0.2) is 17.8 Å². The Morgan fingerprint density at radius 2 is 1.76 bits per heavy atom. The largest absolute Gasteiger partial charge is 0.422 e. The third kappa shape index (κ3) is 2.87. The molecule has 4 rings (SSSR count). The van der Waals surface area contributed by atoms with Gasteiger partial charge in [0.1, 0.15) is 10.6 Å². The minimum Gasteiger partial charge on any atom is -0.422 e. The maximum absolute atomic E-state index is 12.7. The lowest BCUT2D eigenvalue weighted by atomic mass is 9.81. The van der Waals surface area contributed by atoms with Gasteiger partial charge in [0.2, 0.25) is 11.8 Å². The van der Waals surface area contributed by atoms with Gasteiger partial charge in [0.15, 0.2) is 0 Å². The van der Waals surface area contributed by atoms with E-state index in [1.54, 1.807) is 41.8 Å². The Morgan fingerprint density at radius 1 is 1.04 bits per heavy atom. The molecule has 1 saturated carbocycles. The summed E-state index contributed by atoms with van der Waals surface area (Å²) in [5.41, 5.74) is 0.473. The molecule has 2 amide bonds. The van der Waals surface area contributed by atoms with E-state index < -0.39 is 5.97 Å². The zero-order valence-electron chi connectivity index (χ0n) is 13.5. The second kappa shape index (κ2) is 6.44. The molecule has 1 aliphatic heterocycles. The summed E-state index contributed by atoms with van der Waals surface area (Å²) in [5.74, 6) is -0.767. The molecule has 2 aliphatic rings. The van der Waals surface area contributed by atoms with Gasteiger partial charge in [-0.2, -0.15) is 0 Å². The van der Waals surface area contributed by atoms with Gasteiger partial charge in [-0.25, -0.2) is 9.69 Å². The van der Waals surface area contributed by atoms with Crippen molar-refractivity contribution >= 4 is 34.8 Å². The molecule has 1 aromatic carbocycles. The van der Waals surface area contributed by atoms with Crippen LogP contribution in [0.1, 0.15) is 35.4 Å². The predicted octanol–water partition coefficient (Wildman–Crippen LogP) is 3.65. The first kappa shape index (κ1) is 16.0. The van der Waals surface area contributed by atoms with Crippen molar-refractivity contribution in [2.24, 2.45) is 11.8 Å². The number of anilines is 1. The molecule has 128 valence electrons. The van der Waals surface area contributed by atoms with Crippen molar-refractivity contribution in [3.63, 3.8) is 0 Å². The van der Waals surface area contributed by atoms with Gasteiger partial charge >= 0.3 is 5.97 Å². The maximum Gasteiger partial charge on any atom is 0.353 e. The van der Waals surface area contributed by atoms with Gasteiger partial charge in [-0.15, -0.1) is 11.3 Å². The molecule has 2 fully saturated rings. The van der Waals surface area contributed by atoms with Crippen molar-refractivity contribution in [1.82, 2.24) is 0 Å². The van der Waals surface area contributed by atoms with Crippen LogP contribution in [0.4, 0.5) is 5.69 Å². The molecule has 2 atom stereocenters. The summed E-state index contributed by atoms with van der Waals surface area (Å²) in [7, 11) is 0. The molecular weight excluding hydrogens is 338 g/mol. The number of carbonyl (C=O) groups is 3. The van der Waals surface area contributed by atoms with Gasteiger partial charge in [-0.05, 0) is 36.4 Å². The third-order valence-electron chi connectivity index (χ3n) is 4.85. The second-order valence-corrected chi connectivity index (χ2v) is 7.32. The van der Waals surface area contributed by atoms with Crippen molar-refractivity contribution in [3.05, 3.63) is 46.7 Å². The number of imide groups is 1. The number of esters is 1. The normalized spacial score (nSPS) is 22.8. The highest BCUT2D eigenvalue weighted by atomic mass is 32.1. The smallest absolute Gasteiger partial charge is 0.353 e. The number of thiophene rings is 1. The second-order valence-electron chi connectivity index (χ2n) is 6.37. The highest BCUT2D eigenvalue weighted by Crippen LogP contribution is 2.40. The number of nitrogens with zero attached hydrogens (tertiary/aromatic N) is 1. The number of carbonyl (C=O) groups excluding carboxylic acids is 3. The van der Waals surface area contributed by atoms with Crippen LogP contribution in [-0.2, 0) is 9.59 Å². The number of hydrogen-bond acceptors (Lipinski definition) is 5. The molecule has 6 heteroatoms. The van der Waals surface area contributed by atoms with Crippen molar-refractivity contribution in [3.8, 4) is 5.75 Å². The Balaban J connectivity index is 1.58. The topological polar surface area (TPSA) is 63.7 Å². The summed E-state index contributed by atoms with van der Waals surface area (Å²) in [6.45, 7) is 0. The highest BCUT2D eigenvalue weighted by Gasteiger charge is 2.48. The first-order valence-corrected chi connectivity index (χ1v) is 9.26. The summed E-state index contributed by atoms with van der Waals surface area (Å²) in [5, 5.41) is 1.80. The van der Waals surface area contributed by atoms with Gasteiger partial charge in [0.05, 0.1) is 17.5 Å². The van der Waals surface area contributed by atoms with Crippen LogP contribution in [0.5, 0.6) is 5.75 Å². The van der Waals surface area contributed by atoms with Crippen molar-refractivity contribution in [1.29, 1.82) is 0 Å². The van der Waals surface area contributed by atoms with Crippen LogP contribution >= 0.6 is 11.3 Å². The fraction of sp³-hybridized carbons (Fsp3) is 0.316. The van der Waals surface area contributed by atoms with Crippen molar-refractivity contribution < 1.29 is 19.1 Å². The van der Waals surface area contributed by atoms with Crippen LogP contribution < -0.4 is 9.64 Å². The Hall–Kier alpha value is -2.47. The van der Waals surface area contributed by atoms with Crippen LogP contribution in [0.2, 0.25) is 0 Å². The predicted molar refractivity (Wildman–Crippen MR) is 93.7 cm³/mol. The molecule has 5 nitrogen and oxygen atoms in total. The quantitative estimate of drug-likeness (QED) is 0.479. The van der Waals surface area contributed by atoms with E-state index in [4.69, 9.17) is 4.74 Å². The molecule has 2 heterocycles. The minimum absolute atomic E-state index is 0.128. The van der Waals surface area contributed by atoms with E-state index in [0.717, 1.165) is 25.7 Å². The van der Waals surface area contributed by atoms with E-state index >= 15 is 0 Å². The number of benzene rings is 1. The molecule has 0 radical (unpaired) electrons. The standard InChI is InChI=1S/C19H17NO4S/c21-17-14-7-1-2-8-15(14)18(22)20(17)12-5-3-6-13(11-12)24-19(23)16-9-4-10-25-16/h3-6,9-11,14-15H,1-2,7-8H2/t14-,15-/m0/s1. The molecule has 0 N–H and O–H groups in total. The van der Waals surface area contributed by atoms with Crippen LogP contribution in [0, 0.1) is 11.8 Å². The Bertz CT molecular complexity index is 806. The minimum atomic E-state index is -0.445. The SMILES string of the molecule is O=C(Oc1cccc(N2C(=O)[C@H]3CCCC[C@@H]3C2=O)c1)c1cccs1. The molecule has 25 heavy (non-hydrogen) atoms. The molecule has 1 saturated heterocycles. The Morgan fingerprint density at radius 3 is 2.40 bits per heavy atom. The summed E-state index contributed by atoms with van der Waals surface area (Å²) in [6, 6.07) is 10.1. The van der Waals surface area contributed by atoms with Crippen LogP contribution in [0.3, 0.4) is 0 Å². The number of rotatable bonds is 3.